The average molecular weight is 259 g/mol. The summed E-state index contributed by atoms with van der Waals surface area (Å²) in [6, 6.07) is 6.25. The van der Waals surface area contributed by atoms with Gasteiger partial charge in [0.1, 0.15) is 11.9 Å². The second-order valence-electron chi connectivity index (χ2n) is 5.09. The second kappa shape index (κ2) is 6.39. The zero-order valence-corrected chi connectivity index (χ0v) is 11.4. The summed E-state index contributed by atoms with van der Waals surface area (Å²) in [5.41, 5.74) is 6.35. The van der Waals surface area contributed by atoms with Crippen molar-refractivity contribution in [1.29, 1.82) is 5.26 Å². The molecule has 0 bridgehead atoms. The van der Waals surface area contributed by atoms with Gasteiger partial charge in [-0.05, 0) is 32.0 Å². The molecule has 1 fully saturated rings. The average Bonchev–Trinajstić information content (AvgIpc) is 2.94. The fourth-order valence-electron chi connectivity index (χ4n) is 2.55. The van der Waals surface area contributed by atoms with E-state index in [2.05, 4.69) is 22.2 Å². The van der Waals surface area contributed by atoms with E-state index in [1.807, 2.05) is 12.1 Å². The molecule has 5 nitrogen and oxygen atoms in total. The van der Waals surface area contributed by atoms with Crippen LogP contribution in [0.3, 0.4) is 0 Å². The van der Waals surface area contributed by atoms with Crippen LogP contribution >= 0.6 is 0 Å². The first kappa shape index (κ1) is 13.6. The largest absolute Gasteiger partial charge is 0.396 e. The Morgan fingerprint density at radius 1 is 1.47 bits per heavy atom. The summed E-state index contributed by atoms with van der Waals surface area (Å²) >= 11 is 0. The fraction of sp³-hybridized carbons (Fsp3) is 0.571. The van der Waals surface area contributed by atoms with Gasteiger partial charge in [-0.15, -0.1) is 0 Å². The predicted molar refractivity (Wildman–Crippen MR) is 76.7 cm³/mol. The SMILES string of the molecule is CN(CCNc1ccc(N)c(C#N)n1)C1CCCC1. The molecule has 5 heteroatoms. The fourth-order valence-corrected chi connectivity index (χ4v) is 2.55. The first-order valence-corrected chi connectivity index (χ1v) is 6.81. The van der Waals surface area contributed by atoms with Gasteiger partial charge in [0, 0.05) is 19.1 Å². The molecule has 0 atom stereocenters. The van der Waals surface area contributed by atoms with Crippen LogP contribution in [-0.2, 0) is 0 Å². The summed E-state index contributed by atoms with van der Waals surface area (Å²) in [6.45, 7) is 1.81. The molecule has 0 amide bonds. The Morgan fingerprint density at radius 3 is 2.89 bits per heavy atom. The summed E-state index contributed by atoms with van der Waals surface area (Å²) in [6.07, 6.45) is 5.34. The van der Waals surface area contributed by atoms with Crippen LogP contribution in [-0.4, -0.2) is 36.1 Å². The van der Waals surface area contributed by atoms with E-state index in [9.17, 15) is 0 Å². The normalized spacial score (nSPS) is 15.6. The number of nitrogens with zero attached hydrogens (tertiary/aromatic N) is 3. The quantitative estimate of drug-likeness (QED) is 0.843. The third-order valence-corrected chi connectivity index (χ3v) is 3.75. The lowest BCUT2D eigenvalue weighted by Gasteiger charge is -2.24. The molecule has 0 aliphatic heterocycles. The van der Waals surface area contributed by atoms with E-state index in [1.54, 1.807) is 6.07 Å². The number of nitrogens with one attached hydrogen (secondary N) is 1. The van der Waals surface area contributed by atoms with Crippen molar-refractivity contribution in [1.82, 2.24) is 9.88 Å². The van der Waals surface area contributed by atoms with E-state index in [4.69, 9.17) is 11.0 Å². The Balaban J connectivity index is 1.80. The highest BCUT2D eigenvalue weighted by Crippen LogP contribution is 2.22. The number of nitrogen functional groups attached to an aromatic ring is 1. The number of pyridine rings is 1. The molecule has 1 aromatic heterocycles. The Kier molecular flexibility index (Phi) is 4.58. The lowest BCUT2D eigenvalue weighted by atomic mass is 10.2. The number of aromatic nitrogens is 1. The Hall–Kier alpha value is -1.80. The molecule has 3 N–H and O–H groups in total. The van der Waals surface area contributed by atoms with Crippen LogP contribution in [0, 0.1) is 11.3 Å². The first-order valence-electron chi connectivity index (χ1n) is 6.81. The minimum atomic E-state index is 0.286. The van der Waals surface area contributed by atoms with E-state index in [-0.39, 0.29) is 5.69 Å². The standard InChI is InChI=1S/C14H21N5/c1-19(11-4-2-3-5-11)9-8-17-14-7-6-12(16)13(10-15)18-14/h6-7,11H,2-5,8-9,16H2,1H3,(H,17,18). The minimum absolute atomic E-state index is 0.286. The van der Waals surface area contributed by atoms with Gasteiger partial charge < -0.3 is 16.0 Å². The summed E-state index contributed by atoms with van der Waals surface area (Å²) in [7, 11) is 2.18. The number of hydrogen-bond donors (Lipinski definition) is 2. The summed E-state index contributed by atoms with van der Waals surface area (Å²) in [5, 5.41) is 12.1. The molecule has 102 valence electrons. The van der Waals surface area contributed by atoms with Gasteiger partial charge in [0.05, 0.1) is 5.69 Å². The van der Waals surface area contributed by atoms with Gasteiger partial charge in [0.2, 0.25) is 0 Å². The smallest absolute Gasteiger partial charge is 0.165 e. The van der Waals surface area contributed by atoms with E-state index >= 15 is 0 Å². The maximum absolute atomic E-state index is 8.87. The first-order chi connectivity index (χ1) is 9.20. The zero-order valence-electron chi connectivity index (χ0n) is 11.4. The van der Waals surface area contributed by atoms with Gasteiger partial charge in [-0.25, -0.2) is 4.98 Å². The minimum Gasteiger partial charge on any atom is -0.396 e. The molecule has 1 aromatic rings. The zero-order chi connectivity index (χ0) is 13.7. The number of nitriles is 1. The van der Waals surface area contributed by atoms with Crippen molar-refractivity contribution in [3.05, 3.63) is 17.8 Å². The Morgan fingerprint density at radius 2 is 2.21 bits per heavy atom. The lowest BCUT2D eigenvalue weighted by Crippen LogP contribution is -2.33. The van der Waals surface area contributed by atoms with Gasteiger partial charge in [-0.1, -0.05) is 12.8 Å². The molecular formula is C14H21N5. The monoisotopic (exact) mass is 259 g/mol. The van der Waals surface area contributed by atoms with Crippen molar-refractivity contribution in [3.63, 3.8) is 0 Å². The van der Waals surface area contributed by atoms with E-state index in [0.29, 0.717) is 11.5 Å². The molecular weight excluding hydrogens is 238 g/mol. The highest BCUT2D eigenvalue weighted by molar-refractivity contribution is 5.54. The Labute approximate surface area is 114 Å². The van der Waals surface area contributed by atoms with Crippen LogP contribution in [0.5, 0.6) is 0 Å². The number of nitrogens with two attached hydrogens (primary N) is 1. The van der Waals surface area contributed by atoms with Crippen molar-refractivity contribution in [2.24, 2.45) is 0 Å². The van der Waals surface area contributed by atoms with Crippen LogP contribution < -0.4 is 11.1 Å². The van der Waals surface area contributed by atoms with Gasteiger partial charge in [-0.3, -0.25) is 0 Å². The van der Waals surface area contributed by atoms with Crippen LogP contribution in [0.2, 0.25) is 0 Å². The number of rotatable bonds is 5. The third kappa shape index (κ3) is 3.58. The molecule has 1 heterocycles. The molecule has 2 rings (SSSR count). The molecule has 19 heavy (non-hydrogen) atoms. The number of anilines is 2. The van der Waals surface area contributed by atoms with Crippen molar-refractivity contribution < 1.29 is 0 Å². The molecule has 0 saturated heterocycles. The highest BCUT2D eigenvalue weighted by atomic mass is 15.1. The van der Waals surface area contributed by atoms with Crippen LogP contribution in [0.25, 0.3) is 0 Å². The third-order valence-electron chi connectivity index (χ3n) is 3.75. The summed E-state index contributed by atoms with van der Waals surface area (Å²) < 4.78 is 0. The van der Waals surface area contributed by atoms with Crippen LogP contribution in [0.1, 0.15) is 31.4 Å². The summed E-state index contributed by atoms with van der Waals surface area (Å²) in [5.74, 6) is 0.713. The van der Waals surface area contributed by atoms with Gasteiger partial charge in [-0.2, -0.15) is 5.26 Å². The van der Waals surface area contributed by atoms with Crippen molar-refractivity contribution >= 4 is 11.5 Å². The lowest BCUT2D eigenvalue weighted by molar-refractivity contribution is 0.254. The van der Waals surface area contributed by atoms with E-state index in [1.165, 1.54) is 25.7 Å². The van der Waals surface area contributed by atoms with Crippen molar-refractivity contribution in [3.8, 4) is 6.07 Å². The molecule has 0 unspecified atom stereocenters. The molecule has 0 radical (unpaired) electrons. The highest BCUT2D eigenvalue weighted by Gasteiger charge is 2.18. The van der Waals surface area contributed by atoms with Crippen LogP contribution in [0.15, 0.2) is 12.1 Å². The topological polar surface area (TPSA) is 78.0 Å². The van der Waals surface area contributed by atoms with E-state index in [0.717, 1.165) is 19.1 Å². The van der Waals surface area contributed by atoms with Crippen molar-refractivity contribution in [2.75, 3.05) is 31.2 Å². The Bertz CT molecular complexity index is 459. The maximum Gasteiger partial charge on any atom is 0.165 e. The number of likely N-dealkylation sites (N-methyl/N-ethyl adjacent to an activating group) is 1. The summed E-state index contributed by atoms with van der Waals surface area (Å²) in [4.78, 5) is 6.57. The van der Waals surface area contributed by atoms with Gasteiger partial charge in [0.25, 0.3) is 0 Å². The molecule has 1 aliphatic rings. The van der Waals surface area contributed by atoms with Gasteiger partial charge in [0.15, 0.2) is 5.69 Å². The molecule has 1 aliphatic carbocycles. The van der Waals surface area contributed by atoms with Crippen LogP contribution in [0.4, 0.5) is 11.5 Å². The molecule has 1 saturated carbocycles. The van der Waals surface area contributed by atoms with E-state index < -0.39 is 0 Å². The number of hydrogen-bond acceptors (Lipinski definition) is 5. The molecule has 0 spiro atoms. The maximum atomic E-state index is 8.87. The molecule has 0 aromatic carbocycles. The van der Waals surface area contributed by atoms with Crippen molar-refractivity contribution in [2.45, 2.75) is 31.7 Å². The second-order valence-corrected chi connectivity index (χ2v) is 5.09. The predicted octanol–water partition coefficient (Wildman–Crippen LogP) is 1.82. The van der Waals surface area contributed by atoms with Gasteiger partial charge >= 0.3 is 0 Å².